The highest BCUT2D eigenvalue weighted by Crippen LogP contribution is 2.23. The highest BCUT2D eigenvalue weighted by molar-refractivity contribution is 5.53. The van der Waals surface area contributed by atoms with Gasteiger partial charge < -0.3 is 5.32 Å². The number of hydrogen-bond donors (Lipinski definition) is 1. The molecular weight excluding hydrogens is 258 g/mol. The van der Waals surface area contributed by atoms with Gasteiger partial charge in [-0.25, -0.2) is 4.68 Å². The zero-order valence-electron chi connectivity index (χ0n) is 11.1. The van der Waals surface area contributed by atoms with Crippen LogP contribution >= 0.6 is 0 Å². The Kier molecular flexibility index (Phi) is 3.19. The Morgan fingerprint density at radius 2 is 2.30 bits per heavy atom. The largest absolute Gasteiger partial charge is 0.308 e. The lowest BCUT2D eigenvalue weighted by Crippen LogP contribution is -2.15. The van der Waals surface area contributed by atoms with Gasteiger partial charge >= 0.3 is 0 Å². The third-order valence-corrected chi connectivity index (χ3v) is 3.26. The van der Waals surface area contributed by atoms with Crippen LogP contribution in [0.3, 0.4) is 0 Å². The van der Waals surface area contributed by atoms with Crippen molar-refractivity contribution in [3.8, 4) is 5.69 Å². The van der Waals surface area contributed by atoms with Crippen molar-refractivity contribution in [2.75, 3.05) is 0 Å². The zero-order valence-corrected chi connectivity index (χ0v) is 11.1. The molecule has 1 aliphatic rings. The van der Waals surface area contributed by atoms with Gasteiger partial charge in [-0.05, 0) is 31.4 Å². The molecular formula is C13H15N5O2. The molecule has 0 unspecified atom stereocenters. The van der Waals surface area contributed by atoms with E-state index < -0.39 is 4.92 Å². The molecule has 1 N–H and O–H groups in total. The molecule has 1 saturated carbocycles. The maximum atomic E-state index is 11.1. The molecule has 0 saturated heterocycles. The van der Waals surface area contributed by atoms with E-state index in [2.05, 4.69) is 15.6 Å². The Morgan fingerprint density at radius 1 is 1.50 bits per heavy atom. The second kappa shape index (κ2) is 5.01. The highest BCUT2D eigenvalue weighted by Gasteiger charge is 2.21. The lowest BCUT2D eigenvalue weighted by atomic mass is 10.2. The molecule has 2 aromatic rings. The summed E-state index contributed by atoms with van der Waals surface area (Å²) in [4.78, 5) is 10.7. The molecule has 0 atom stereocenters. The topological polar surface area (TPSA) is 85.9 Å². The van der Waals surface area contributed by atoms with Gasteiger partial charge in [-0.1, -0.05) is 11.3 Å². The number of nitrogens with zero attached hydrogens (tertiary/aromatic N) is 4. The summed E-state index contributed by atoms with van der Waals surface area (Å²) in [5.74, 6) is 0. The molecule has 0 spiro atoms. The van der Waals surface area contributed by atoms with E-state index in [9.17, 15) is 10.1 Å². The molecule has 1 aromatic carbocycles. The fraction of sp³-hybridized carbons (Fsp3) is 0.385. The number of nitrogens with one attached hydrogen (secondary N) is 1. The van der Waals surface area contributed by atoms with Crippen molar-refractivity contribution in [3.05, 3.63) is 45.8 Å². The van der Waals surface area contributed by atoms with Crippen molar-refractivity contribution in [2.24, 2.45) is 0 Å². The number of nitro benzene ring substituents is 1. The lowest BCUT2D eigenvalue weighted by Gasteiger charge is -2.03. The second-order valence-corrected chi connectivity index (χ2v) is 5.06. The van der Waals surface area contributed by atoms with E-state index in [1.54, 1.807) is 18.3 Å². The van der Waals surface area contributed by atoms with Gasteiger partial charge in [0.25, 0.3) is 5.69 Å². The van der Waals surface area contributed by atoms with Crippen molar-refractivity contribution < 1.29 is 4.92 Å². The van der Waals surface area contributed by atoms with Crippen LogP contribution < -0.4 is 5.32 Å². The monoisotopic (exact) mass is 273 g/mol. The fourth-order valence-corrected chi connectivity index (χ4v) is 2.00. The summed E-state index contributed by atoms with van der Waals surface area (Å²) in [5.41, 5.74) is 2.20. The minimum atomic E-state index is -0.404. The van der Waals surface area contributed by atoms with Crippen LogP contribution in [0.1, 0.15) is 24.1 Å². The van der Waals surface area contributed by atoms with Crippen molar-refractivity contribution >= 4 is 5.69 Å². The maximum Gasteiger partial charge on any atom is 0.294 e. The Labute approximate surface area is 115 Å². The standard InChI is InChI=1S/C13H15N5O2/c1-9-2-5-12(18(19)20)13(6-9)17-8-11(15-16-17)7-14-10-3-4-10/h2,5-6,8,10,14H,3-4,7H2,1H3. The summed E-state index contributed by atoms with van der Waals surface area (Å²) < 4.78 is 1.47. The molecule has 0 amide bonds. The van der Waals surface area contributed by atoms with E-state index in [1.807, 2.05) is 6.92 Å². The number of hydrogen-bond acceptors (Lipinski definition) is 5. The minimum absolute atomic E-state index is 0.0298. The molecule has 0 bridgehead atoms. The number of rotatable bonds is 5. The molecule has 0 aliphatic heterocycles. The summed E-state index contributed by atoms with van der Waals surface area (Å²) in [5, 5.41) is 22.4. The molecule has 1 fully saturated rings. The van der Waals surface area contributed by atoms with E-state index in [-0.39, 0.29) is 5.69 Å². The predicted octanol–water partition coefficient (Wildman–Crippen LogP) is 1.74. The first kappa shape index (κ1) is 12.7. The summed E-state index contributed by atoms with van der Waals surface area (Å²) in [6, 6.07) is 5.54. The summed E-state index contributed by atoms with van der Waals surface area (Å²) in [6.45, 7) is 2.53. The molecule has 7 nitrogen and oxygen atoms in total. The number of aryl methyl sites for hydroxylation is 1. The van der Waals surface area contributed by atoms with Crippen LogP contribution in [0.4, 0.5) is 5.69 Å². The van der Waals surface area contributed by atoms with Crippen molar-refractivity contribution in [3.63, 3.8) is 0 Å². The SMILES string of the molecule is Cc1ccc([N+](=O)[O-])c(-n2cc(CNC3CC3)nn2)c1. The van der Waals surface area contributed by atoms with Crippen LogP contribution in [0.5, 0.6) is 0 Å². The smallest absolute Gasteiger partial charge is 0.294 e. The van der Waals surface area contributed by atoms with Crippen LogP contribution in [0, 0.1) is 17.0 Å². The van der Waals surface area contributed by atoms with Gasteiger partial charge in [0.05, 0.1) is 16.8 Å². The average Bonchev–Trinajstić information content (AvgIpc) is 3.13. The average molecular weight is 273 g/mol. The Bertz CT molecular complexity index is 648. The van der Waals surface area contributed by atoms with Gasteiger partial charge in [-0.15, -0.1) is 5.10 Å². The molecule has 104 valence electrons. The first-order chi connectivity index (χ1) is 9.63. The number of aromatic nitrogens is 3. The van der Waals surface area contributed by atoms with Crippen molar-refractivity contribution in [1.29, 1.82) is 0 Å². The summed E-state index contributed by atoms with van der Waals surface area (Å²) >= 11 is 0. The van der Waals surface area contributed by atoms with Crippen LogP contribution in [0.15, 0.2) is 24.4 Å². The molecule has 20 heavy (non-hydrogen) atoms. The molecule has 1 aliphatic carbocycles. The first-order valence-electron chi connectivity index (χ1n) is 6.53. The molecule has 3 rings (SSSR count). The van der Waals surface area contributed by atoms with Gasteiger partial charge in [-0.2, -0.15) is 0 Å². The highest BCUT2D eigenvalue weighted by atomic mass is 16.6. The van der Waals surface area contributed by atoms with Crippen LogP contribution in [-0.2, 0) is 6.54 Å². The number of benzene rings is 1. The third kappa shape index (κ3) is 2.67. The fourth-order valence-electron chi connectivity index (χ4n) is 2.00. The predicted molar refractivity (Wildman–Crippen MR) is 72.6 cm³/mol. The maximum absolute atomic E-state index is 11.1. The van der Waals surface area contributed by atoms with Crippen molar-refractivity contribution in [2.45, 2.75) is 32.4 Å². The van der Waals surface area contributed by atoms with E-state index in [4.69, 9.17) is 0 Å². The van der Waals surface area contributed by atoms with Crippen molar-refractivity contribution in [1.82, 2.24) is 20.3 Å². The van der Waals surface area contributed by atoms with Gasteiger partial charge in [0.15, 0.2) is 0 Å². The Morgan fingerprint density at radius 3 is 3.00 bits per heavy atom. The van der Waals surface area contributed by atoms with E-state index in [1.165, 1.54) is 23.6 Å². The van der Waals surface area contributed by atoms with Gasteiger partial charge in [0.2, 0.25) is 0 Å². The Hall–Kier alpha value is -2.28. The zero-order chi connectivity index (χ0) is 14.1. The Balaban J connectivity index is 1.87. The quantitative estimate of drug-likeness (QED) is 0.662. The molecule has 1 aromatic heterocycles. The van der Waals surface area contributed by atoms with E-state index >= 15 is 0 Å². The van der Waals surface area contributed by atoms with Crippen LogP contribution in [-0.4, -0.2) is 26.0 Å². The minimum Gasteiger partial charge on any atom is -0.308 e. The summed E-state index contributed by atoms with van der Waals surface area (Å²) in [7, 11) is 0. The van der Waals surface area contributed by atoms with Gasteiger partial charge in [-0.3, -0.25) is 10.1 Å². The van der Waals surface area contributed by atoms with Gasteiger partial charge in [0, 0.05) is 18.7 Å². The van der Waals surface area contributed by atoms with E-state index in [0.29, 0.717) is 18.3 Å². The van der Waals surface area contributed by atoms with Crippen LogP contribution in [0.2, 0.25) is 0 Å². The van der Waals surface area contributed by atoms with Gasteiger partial charge in [0.1, 0.15) is 5.69 Å². The second-order valence-electron chi connectivity index (χ2n) is 5.06. The normalized spacial score (nSPS) is 14.4. The molecule has 1 heterocycles. The summed E-state index contributed by atoms with van der Waals surface area (Å²) in [6.07, 6.45) is 4.14. The van der Waals surface area contributed by atoms with Crippen LogP contribution in [0.25, 0.3) is 5.69 Å². The number of nitro groups is 1. The molecule has 0 radical (unpaired) electrons. The first-order valence-corrected chi connectivity index (χ1v) is 6.53. The lowest BCUT2D eigenvalue weighted by molar-refractivity contribution is -0.384. The third-order valence-electron chi connectivity index (χ3n) is 3.26. The molecule has 7 heteroatoms. The van der Waals surface area contributed by atoms with E-state index in [0.717, 1.165) is 11.3 Å².